The highest BCUT2D eigenvalue weighted by atomic mass is 16.4. The zero-order valence-electron chi connectivity index (χ0n) is 11.7. The molecule has 0 amide bonds. The Labute approximate surface area is 122 Å². The van der Waals surface area contributed by atoms with Crippen LogP contribution in [0.5, 0.6) is 5.75 Å². The van der Waals surface area contributed by atoms with E-state index in [1.54, 1.807) is 24.3 Å². The predicted molar refractivity (Wildman–Crippen MR) is 79.7 cm³/mol. The van der Waals surface area contributed by atoms with Crippen LogP contribution in [0.2, 0.25) is 0 Å². The van der Waals surface area contributed by atoms with Crippen molar-refractivity contribution in [2.45, 2.75) is 19.8 Å². The van der Waals surface area contributed by atoms with E-state index in [2.05, 4.69) is 17.2 Å². The summed E-state index contributed by atoms with van der Waals surface area (Å²) in [5, 5.41) is 26.6. The number of nitrogens with zero attached hydrogens (tertiary/aromatic N) is 2. The smallest absolute Gasteiger partial charge is 0.335 e. The summed E-state index contributed by atoms with van der Waals surface area (Å²) in [5.74, 6) is -0.894. The van der Waals surface area contributed by atoms with E-state index in [1.165, 1.54) is 12.1 Å². The molecule has 0 saturated carbocycles. The van der Waals surface area contributed by atoms with Gasteiger partial charge in [-0.15, -0.1) is 5.11 Å². The van der Waals surface area contributed by atoms with Crippen molar-refractivity contribution in [3.05, 3.63) is 53.6 Å². The maximum atomic E-state index is 10.7. The quantitative estimate of drug-likeness (QED) is 0.795. The van der Waals surface area contributed by atoms with Crippen molar-refractivity contribution in [3.63, 3.8) is 0 Å². The molecule has 2 N–H and O–H groups in total. The minimum Gasteiger partial charge on any atom is -0.506 e. The van der Waals surface area contributed by atoms with Gasteiger partial charge < -0.3 is 10.2 Å². The number of aromatic carboxylic acids is 1. The molecule has 2 aromatic carbocycles. The summed E-state index contributed by atoms with van der Waals surface area (Å²) in [6.45, 7) is 2.07. The summed E-state index contributed by atoms with van der Waals surface area (Å²) in [4.78, 5) is 10.7. The molecule has 0 aliphatic carbocycles. The zero-order chi connectivity index (χ0) is 15.2. The second-order valence-corrected chi connectivity index (χ2v) is 4.63. The van der Waals surface area contributed by atoms with E-state index in [0.29, 0.717) is 11.4 Å². The molecule has 0 unspecified atom stereocenters. The van der Waals surface area contributed by atoms with Crippen LogP contribution in [0.25, 0.3) is 0 Å². The Hall–Kier alpha value is -2.69. The zero-order valence-corrected chi connectivity index (χ0v) is 11.7. The number of azo groups is 1. The van der Waals surface area contributed by atoms with Crippen LogP contribution in [0.1, 0.15) is 29.3 Å². The largest absolute Gasteiger partial charge is 0.506 e. The van der Waals surface area contributed by atoms with Gasteiger partial charge in [-0.25, -0.2) is 4.79 Å². The fourth-order valence-corrected chi connectivity index (χ4v) is 1.88. The first-order chi connectivity index (χ1) is 10.1. The number of carbonyl (C=O) groups is 1. The lowest BCUT2D eigenvalue weighted by Gasteiger charge is -2.02. The van der Waals surface area contributed by atoms with Gasteiger partial charge in [0.15, 0.2) is 0 Å². The van der Waals surface area contributed by atoms with Crippen molar-refractivity contribution >= 4 is 17.3 Å². The molecule has 0 radical (unpaired) electrons. The van der Waals surface area contributed by atoms with E-state index in [-0.39, 0.29) is 11.3 Å². The van der Waals surface area contributed by atoms with Crippen LogP contribution in [0.15, 0.2) is 52.7 Å². The molecule has 0 aromatic heterocycles. The summed E-state index contributed by atoms with van der Waals surface area (Å²) in [7, 11) is 0. The number of phenolic OH excluding ortho intramolecular Hbond substituents is 1. The molecule has 0 aliphatic heterocycles. The molecule has 2 aromatic rings. The number of aryl methyl sites for hydroxylation is 1. The number of rotatable bonds is 5. The van der Waals surface area contributed by atoms with E-state index in [4.69, 9.17) is 5.11 Å². The Bertz CT molecular complexity index is 664. The first-order valence-corrected chi connectivity index (χ1v) is 6.67. The Morgan fingerprint density at radius 3 is 2.38 bits per heavy atom. The highest BCUT2D eigenvalue weighted by Crippen LogP contribution is 2.29. The maximum Gasteiger partial charge on any atom is 0.335 e. The minimum atomic E-state index is -0.984. The van der Waals surface area contributed by atoms with Crippen LogP contribution in [-0.4, -0.2) is 16.2 Å². The summed E-state index contributed by atoms with van der Waals surface area (Å²) in [6, 6.07) is 11.4. The van der Waals surface area contributed by atoms with E-state index >= 15 is 0 Å². The number of hydrogen-bond donors (Lipinski definition) is 2. The number of benzene rings is 2. The molecule has 0 spiro atoms. The van der Waals surface area contributed by atoms with Crippen LogP contribution < -0.4 is 0 Å². The maximum absolute atomic E-state index is 10.7. The topological polar surface area (TPSA) is 82.2 Å². The van der Waals surface area contributed by atoms with E-state index in [9.17, 15) is 9.90 Å². The average Bonchev–Trinajstić information content (AvgIpc) is 2.47. The van der Waals surface area contributed by atoms with Crippen molar-refractivity contribution in [2.24, 2.45) is 10.2 Å². The minimum absolute atomic E-state index is 0.0897. The van der Waals surface area contributed by atoms with Crippen molar-refractivity contribution in [1.82, 2.24) is 0 Å². The monoisotopic (exact) mass is 284 g/mol. The van der Waals surface area contributed by atoms with Crippen molar-refractivity contribution in [3.8, 4) is 5.75 Å². The second-order valence-electron chi connectivity index (χ2n) is 4.63. The second kappa shape index (κ2) is 6.65. The molecule has 0 atom stereocenters. The summed E-state index contributed by atoms with van der Waals surface area (Å²) >= 11 is 0. The van der Waals surface area contributed by atoms with E-state index < -0.39 is 5.97 Å². The third-order valence-corrected chi connectivity index (χ3v) is 2.97. The Balaban J connectivity index is 2.15. The standard InChI is InChI=1S/C16H16N2O3/c1-2-3-11-4-9-14(15(19)10-11)18-17-13-7-5-12(6-8-13)16(20)21/h4-10,19H,2-3H2,1H3,(H,20,21). The van der Waals surface area contributed by atoms with Gasteiger partial charge in [0.25, 0.3) is 0 Å². The molecule has 0 bridgehead atoms. The van der Waals surface area contributed by atoms with Gasteiger partial charge in [0.1, 0.15) is 11.4 Å². The van der Waals surface area contributed by atoms with Gasteiger partial charge >= 0.3 is 5.97 Å². The van der Waals surface area contributed by atoms with Crippen molar-refractivity contribution in [1.29, 1.82) is 0 Å². The van der Waals surface area contributed by atoms with Gasteiger partial charge in [0.2, 0.25) is 0 Å². The van der Waals surface area contributed by atoms with Gasteiger partial charge in [0, 0.05) is 0 Å². The van der Waals surface area contributed by atoms with Gasteiger partial charge in [0.05, 0.1) is 11.3 Å². The van der Waals surface area contributed by atoms with Crippen LogP contribution in [0, 0.1) is 0 Å². The molecule has 2 rings (SSSR count). The Kier molecular flexibility index (Phi) is 4.66. The van der Waals surface area contributed by atoms with Gasteiger partial charge in [-0.3, -0.25) is 0 Å². The predicted octanol–water partition coefficient (Wildman–Crippen LogP) is 4.46. The van der Waals surface area contributed by atoms with Gasteiger partial charge in [-0.05, 0) is 48.4 Å². The average molecular weight is 284 g/mol. The number of carboxylic acid groups (broad SMARTS) is 1. The van der Waals surface area contributed by atoms with Crippen LogP contribution in [-0.2, 0) is 6.42 Å². The first kappa shape index (κ1) is 14.7. The lowest BCUT2D eigenvalue weighted by atomic mass is 10.1. The third kappa shape index (κ3) is 3.89. The molecule has 0 saturated heterocycles. The van der Waals surface area contributed by atoms with Crippen molar-refractivity contribution in [2.75, 3.05) is 0 Å². The molecular weight excluding hydrogens is 268 g/mol. The van der Waals surface area contributed by atoms with Crippen LogP contribution in [0.4, 0.5) is 11.4 Å². The summed E-state index contributed by atoms with van der Waals surface area (Å²) < 4.78 is 0. The molecule has 5 nitrogen and oxygen atoms in total. The highest BCUT2D eigenvalue weighted by molar-refractivity contribution is 5.87. The molecule has 21 heavy (non-hydrogen) atoms. The van der Waals surface area contributed by atoms with E-state index in [0.717, 1.165) is 18.4 Å². The number of hydrogen-bond acceptors (Lipinski definition) is 4. The number of carboxylic acids is 1. The highest BCUT2D eigenvalue weighted by Gasteiger charge is 2.03. The lowest BCUT2D eigenvalue weighted by molar-refractivity contribution is 0.0697. The normalized spacial score (nSPS) is 10.9. The van der Waals surface area contributed by atoms with Crippen LogP contribution >= 0.6 is 0 Å². The summed E-state index contributed by atoms with van der Waals surface area (Å²) in [6.07, 6.45) is 1.91. The third-order valence-electron chi connectivity index (χ3n) is 2.97. The van der Waals surface area contributed by atoms with Crippen molar-refractivity contribution < 1.29 is 15.0 Å². The van der Waals surface area contributed by atoms with E-state index in [1.807, 2.05) is 6.07 Å². The first-order valence-electron chi connectivity index (χ1n) is 6.67. The lowest BCUT2D eigenvalue weighted by Crippen LogP contribution is -1.93. The van der Waals surface area contributed by atoms with Gasteiger partial charge in [-0.1, -0.05) is 19.4 Å². The molecule has 0 fully saturated rings. The number of aromatic hydroxyl groups is 1. The number of phenols is 1. The molecule has 108 valence electrons. The molecule has 5 heteroatoms. The molecule has 0 aliphatic rings. The Morgan fingerprint density at radius 1 is 1.10 bits per heavy atom. The molecular formula is C16H16N2O3. The summed E-state index contributed by atoms with van der Waals surface area (Å²) in [5.41, 5.74) is 2.16. The Morgan fingerprint density at radius 2 is 1.81 bits per heavy atom. The SMILES string of the molecule is CCCc1ccc(N=Nc2ccc(C(=O)O)cc2)c(O)c1. The molecule has 0 heterocycles. The van der Waals surface area contributed by atoms with Gasteiger partial charge in [-0.2, -0.15) is 5.11 Å². The fourth-order valence-electron chi connectivity index (χ4n) is 1.88. The fraction of sp³-hybridized carbons (Fsp3) is 0.188. The van der Waals surface area contributed by atoms with Crippen LogP contribution in [0.3, 0.4) is 0 Å².